The lowest BCUT2D eigenvalue weighted by atomic mass is 10.1. The molecule has 0 saturated carbocycles. The first-order chi connectivity index (χ1) is 10.2. The molecule has 2 amide bonds. The van der Waals surface area contributed by atoms with Gasteiger partial charge in [-0.3, -0.25) is 0 Å². The lowest BCUT2D eigenvalue weighted by Gasteiger charge is -2.19. The molecule has 0 saturated heterocycles. The van der Waals surface area contributed by atoms with Gasteiger partial charge in [-0.2, -0.15) is 0 Å². The third kappa shape index (κ3) is 2.85. The molecular formula is C15H17N3O2S. The van der Waals surface area contributed by atoms with Crippen molar-refractivity contribution in [3.63, 3.8) is 0 Å². The molecule has 0 fully saturated rings. The lowest BCUT2D eigenvalue weighted by Crippen LogP contribution is -2.37. The second kappa shape index (κ2) is 5.73. The van der Waals surface area contributed by atoms with Gasteiger partial charge in [-0.1, -0.05) is 6.07 Å². The van der Waals surface area contributed by atoms with Crippen LogP contribution < -0.4 is 10.1 Å². The zero-order valence-electron chi connectivity index (χ0n) is 12.0. The summed E-state index contributed by atoms with van der Waals surface area (Å²) in [5.41, 5.74) is 2.32. The molecule has 1 aliphatic rings. The number of rotatable bonds is 3. The summed E-state index contributed by atoms with van der Waals surface area (Å²) in [5.74, 6) is 0.826. The maximum atomic E-state index is 12.3. The minimum atomic E-state index is -0.0734. The van der Waals surface area contributed by atoms with Gasteiger partial charge in [-0.15, -0.1) is 11.3 Å². The number of nitrogens with zero attached hydrogens (tertiary/aromatic N) is 2. The van der Waals surface area contributed by atoms with Gasteiger partial charge in [0.15, 0.2) is 0 Å². The molecule has 1 aromatic carbocycles. The first-order valence-electron chi connectivity index (χ1n) is 6.78. The number of carbonyl (C=O) groups is 1. The predicted octanol–water partition coefficient (Wildman–Crippen LogP) is 2.94. The molecule has 0 bridgehead atoms. The Bertz CT molecular complexity index is 642. The normalized spacial score (nSPS) is 14.7. The molecule has 1 aliphatic heterocycles. The van der Waals surface area contributed by atoms with E-state index >= 15 is 0 Å². The number of benzene rings is 1. The zero-order valence-corrected chi connectivity index (χ0v) is 12.8. The van der Waals surface area contributed by atoms with E-state index in [-0.39, 0.29) is 12.1 Å². The van der Waals surface area contributed by atoms with Gasteiger partial charge in [0.25, 0.3) is 0 Å². The molecule has 1 aromatic heterocycles. The van der Waals surface area contributed by atoms with E-state index in [0.717, 1.165) is 16.3 Å². The van der Waals surface area contributed by atoms with Crippen LogP contribution in [0, 0.1) is 0 Å². The van der Waals surface area contributed by atoms with Gasteiger partial charge in [0.1, 0.15) is 10.8 Å². The number of urea groups is 1. The third-order valence-corrected chi connectivity index (χ3v) is 4.54. The van der Waals surface area contributed by atoms with Crippen molar-refractivity contribution in [3.05, 3.63) is 45.9 Å². The average Bonchev–Trinajstić information content (AvgIpc) is 3.15. The SMILES string of the molecule is COc1ccc2c(c1)CN(C(=O)N[C@@H](C)c1nccs1)C2. The Hall–Kier alpha value is -2.08. The molecule has 0 aliphatic carbocycles. The highest BCUT2D eigenvalue weighted by atomic mass is 32.1. The second-order valence-electron chi connectivity index (χ2n) is 5.03. The van der Waals surface area contributed by atoms with Gasteiger partial charge in [-0.05, 0) is 30.2 Å². The topological polar surface area (TPSA) is 54.5 Å². The maximum Gasteiger partial charge on any atom is 0.318 e. The van der Waals surface area contributed by atoms with Crippen molar-refractivity contribution in [2.75, 3.05) is 7.11 Å². The average molecular weight is 303 g/mol. The summed E-state index contributed by atoms with van der Waals surface area (Å²) in [6.45, 7) is 3.20. The molecule has 1 N–H and O–H groups in total. The summed E-state index contributed by atoms with van der Waals surface area (Å²) in [5, 5.41) is 5.82. The van der Waals surface area contributed by atoms with Crippen LogP contribution in [-0.2, 0) is 13.1 Å². The van der Waals surface area contributed by atoms with Crippen molar-refractivity contribution in [2.45, 2.75) is 26.1 Å². The molecular weight excluding hydrogens is 286 g/mol. The van der Waals surface area contributed by atoms with Crippen molar-refractivity contribution in [1.82, 2.24) is 15.2 Å². The first-order valence-corrected chi connectivity index (χ1v) is 7.66. The third-order valence-electron chi connectivity index (χ3n) is 3.58. The summed E-state index contributed by atoms with van der Waals surface area (Å²) in [6, 6.07) is 5.81. The fourth-order valence-electron chi connectivity index (χ4n) is 2.43. The number of ether oxygens (including phenoxy) is 1. The summed E-state index contributed by atoms with van der Waals surface area (Å²) in [6.07, 6.45) is 1.75. The van der Waals surface area contributed by atoms with E-state index in [1.165, 1.54) is 5.56 Å². The predicted molar refractivity (Wildman–Crippen MR) is 81.3 cm³/mol. The summed E-state index contributed by atoms with van der Waals surface area (Å²) in [4.78, 5) is 18.4. The van der Waals surface area contributed by atoms with Crippen LogP contribution in [0.15, 0.2) is 29.8 Å². The summed E-state index contributed by atoms with van der Waals surface area (Å²) in [7, 11) is 1.65. The van der Waals surface area contributed by atoms with Crippen molar-refractivity contribution in [2.24, 2.45) is 0 Å². The Labute approximate surface area is 127 Å². The number of hydrogen-bond donors (Lipinski definition) is 1. The van der Waals surface area contributed by atoms with Crippen molar-refractivity contribution in [1.29, 1.82) is 0 Å². The Morgan fingerprint density at radius 3 is 2.95 bits per heavy atom. The van der Waals surface area contributed by atoms with Gasteiger partial charge < -0.3 is 15.0 Å². The molecule has 2 heterocycles. The Balaban J connectivity index is 1.65. The monoisotopic (exact) mass is 303 g/mol. The van der Waals surface area contributed by atoms with E-state index in [4.69, 9.17) is 4.74 Å². The quantitative estimate of drug-likeness (QED) is 0.948. The number of aromatic nitrogens is 1. The van der Waals surface area contributed by atoms with Crippen molar-refractivity contribution in [3.8, 4) is 5.75 Å². The van der Waals surface area contributed by atoms with Crippen LogP contribution in [0.25, 0.3) is 0 Å². The van der Waals surface area contributed by atoms with Crippen molar-refractivity contribution >= 4 is 17.4 Å². The van der Waals surface area contributed by atoms with Gasteiger partial charge >= 0.3 is 6.03 Å². The minimum absolute atomic E-state index is 0.0622. The highest BCUT2D eigenvalue weighted by molar-refractivity contribution is 7.09. The van der Waals surface area contributed by atoms with Crippen LogP contribution in [0.1, 0.15) is 29.1 Å². The highest BCUT2D eigenvalue weighted by Crippen LogP contribution is 2.27. The second-order valence-corrected chi connectivity index (χ2v) is 5.96. The van der Waals surface area contributed by atoms with E-state index in [1.807, 2.05) is 30.5 Å². The molecule has 21 heavy (non-hydrogen) atoms. The lowest BCUT2D eigenvalue weighted by molar-refractivity contribution is 0.195. The Morgan fingerprint density at radius 1 is 1.43 bits per heavy atom. The number of fused-ring (bicyclic) bond motifs is 1. The van der Waals surface area contributed by atoms with E-state index in [0.29, 0.717) is 13.1 Å². The Kier molecular flexibility index (Phi) is 3.79. The van der Waals surface area contributed by atoms with E-state index in [1.54, 1.807) is 29.5 Å². The van der Waals surface area contributed by atoms with Crippen LogP contribution in [0.2, 0.25) is 0 Å². The van der Waals surface area contributed by atoms with E-state index in [2.05, 4.69) is 10.3 Å². The van der Waals surface area contributed by atoms with Gasteiger partial charge in [0.2, 0.25) is 0 Å². The largest absolute Gasteiger partial charge is 0.497 e. The highest BCUT2D eigenvalue weighted by Gasteiger charge is 2.25. The number of methoxy groups -OCH3 is 1. The van der Waals surface area contributed by atoms with Gasteiger partial charge in [0, 0.05) is 24.7 Å². The van der Waals surface area contributed by atoms with Crippen LogP contribution >= 0.6 is 11.3 Å². The van der Waals surface area contributed by atoms with Gasteiger partial charge in [0.05, 0.1) is 13.2 Å². The number of nitrogens with one attached hydrogen (secondary N) is 1. The summed E-state index contributed by atoms with van der Waals surface area (Å²) < 4.78 is 5.22. The van der Waals surface area contributed by atoms with Crippen LogP contribution in [0.5, 0.6) is 5.75 Å². The smallest absolute Gasteiger partial charge is 0.318 e. The molecule has 1 atom stereocenters. The van der Waals surface area contributed by atoms with Crippen LogP contribution in [-0.4, -0.2) is 23.0 Å². The molecule has 2 aromatic rings. The minimum Gasteiger partial charge on any atom is -0.497 e. The molecule has 0 unspecified atom stereocenters. The van der Waals surface area contributed by atoms with Crippen molar-refractivity contribution < 1.29 is 9.53 Å². The molecule has 0 radical (unpaired) electrons. The molecule has 110 valence electrons. The number of hydrogen-bond acceptors (Lipinski definition) is 4. The van der Waals surface area contributed by atoms with E-state index < -0.39 is 0 Å². The number of amides is 2. The Morgan fingerprint density at radius 2 is 2.24 bits per heavy atom. The van der Waals surface area contributed by atoms with Crippen LogP contribution in [0.3, 0.4) is 0 Å². The molecule has 6 heteroatoms. The van der Waals surface area contributed by atoms with Gasteiger partial charge in [-0.25, -0.2) is 9.78 Å². The maximum absolute atomic E-state index is 12.3. The molecule has 5 nitrogen and oxygen atoms in total. The first kappa shape index (κ1) is 13.9. The van der Waals surface area contributed by atoms with Crippen LogP contribution in [0.4, 0.5) is 4.79 Å². The number of thiazole rings is 1. The zero-order chi connectivity index (χ0) is 14.8. The molecule has 0 spiro atoms. The van der Waals surface area contributed by atoms with E-state index in [9.17, 15) is 4.79 Å². The standard InChI is InChI=1S/C15H17N3O2S/c1-10(14-16-5-6-21-14)17-15(19)18-8-11-3-4-13(20-2)7-12(11)9-18/h3-7,10H,8-9H2,1-2H3,(H,17,19)/t10-/m0/s1. The summed E-state index contributed by atoms with van der Waals surface area (Å²) >= 11 is 1.55. The number of carbonyl (C=O) groups excluding carboxylic acids is 1. The fraction of sp³-hybridized carbons (Fsp3) is 0.333. The fourth-order valence-corrected chi connectivity index (χ4v) is 3.07. The molecule has 3 rings (SSSR count).